The quantitative estimate of drug-likeness (QED) is 0.738. The maximum atomic E-state index is 12.8. The highest BCUT2D eigenvalue weighted by Gasteiger charge is 2.20. The van der Waals surface area contributed by atoms with Crippen molar-refractivity contribution in [3.05, 3.63) is 71.5 Å². The van der Waals surface area contributed by atoms with Crippen molar-refractivity contribution >= 4 is 11.6 Å². The molecular weight excluding hydrogens is 300 g/mol. The number of aryl methyl sites for hydroxylation is 2. The van der Waals surface area contributed by atoms with Gasteiger partial charge in [-0.05, 0) is 44.5 Å². The van der Waals surface area contributed by atoms with Gasteiger partial charge in [-0.1, -0.05) is 41.1 Å². The molecule has 5 nitrogen and oxygen atoms in total. The molecule has 0 unspecified atom stereocenters. The summed E-state index contributed by atoms with van der Waals surface area (Å²) in [5.74, 6) is -0.148. The first kappa shape index (κ1) is 15.9. The number of carbonyl (C=O) groups excluding carboxylic acids is 1. The van der Waals surface area contributed by atoms with E-state index in [2.05, 4.69) is 10.3 Å². The molecule has 1 aromatic heterocycles. The third kappa shape index (κ3) is 3.06. The van der Waals surface area contributed by atoms with Crippen LogP contribution >= 0.6 is 0 Å². The summed E-state index contributed by atoms with van der Waals surface area (Å²) in [6.45, 7) is 6.55. The molecule has 1 amide bonds. The zero-order valence-electron chi connectivity index (χ0n) is 14.1. The third-order valence-electron chi connectivity index (χ3n) is 3.98. The Hall–Kier alpha value is -2.95. The molecule has 0 aliphatic carbocycles. The monoisotopic (exact) mass is 320 g/mol. The highest BCUT2D eigenvalue weighted by atomic mass is 16.2. The van der Waals surface area contributed by atoms with E-state index < -0.39 is 0 Å². The second-order valence-electron chi connectivity index (χ2n) is 5.72. The van der Waals surface area contributed by atoms with Crippen molar-refractivity contribution in [3.63, 3.8) is 0 Å². The van der Waals surface area contributed by atoms with Gasteiger partial charge in [0, 0.05) is 12.2 Å². The van der Waals surface area contributed by atoms with E-state index in [4.69, 9.17) is 0 Å². The molecule has 1 heterocycles. The number of nitrogens with zero attached hydrogens (tertiary/aromatic N) is 4. The molecule has 122 valence electrons. The number of aromatic nitrogens is 3. The summed E-state index contributed by atoms with van der Waals surface area (Å²) >= 11 is 0. The molecule has 3 aromatic rings. The minimum Gasteiger partial charge on any atom is -0.307 e. The lowest BCUT2D eigenvalue weighted by molar-refractivity contribution is 0.0983. The Kier molecular flexibility index (Phi) is 4.42. The summed E-state index contributed by atoms with van der Waals surface area (Å²) in [6.07, 6.45) is 1.67. The van der Waals surface area contributed by atoms with Crippen molar-refractivity contribution < 1.29 is 4.79 Å². The van der Waals surface area contributed by atoms with Gasteiger partial charge in [0.2, 0.25) is 0 Å². The minimum absolute atomic E-state index is 0.148. The van der Waals surface area contributed by atoms with E-state index in [9.17, 15) is 4.79 Å². The fourth-order valence-corrected chi connectivity index (χ4v) is 2.61. The van der Waals surface area contributed by atoms with E-state index in [0.29, 0.717) is 12.2 Å². The van der Waals surface area contributed by atoms with Gasteiger partial charge in [0.05, 0.1) is 11.9 Å². The van der Waals surface area contributed by atoms with Crippen LogP contribution in [-0.2, 0) is 0 Å². The van der Waals surface area contributed by atoms with E-state index in [0.717, 1.165) is 16.9 Å². The van der Waals surface area contributed by atoms with Crippen LogP contribution in [0.15, 0.2) is 54.7 Å². The third-order valence-corrected chi connectivity index (χ3v) is 3.98. The van der Waals surface area contributed by atoms with Crippen LogP contribution < -0.4 is 4.90 Å². The van der Waals surface area contributed by atoms with Gasteiger partial charge >= 0.3 is 0 Å². The molecule has 0 fully saturated rings. The number of rotatable bonds is 4. The van der Waals surface area contributed by atoms with E-state index >= 15 is 0 Å². The van der Waals surface area contributed by atoms with Crippen LogP contribution in [0.3, 0.4) is 0 Å². The summed E-state index contributed by atoms with van der Waals surface area (Å²) in [4.78, 5) is 14.6. The van der Waals surface area contributed by atoms with E-state index in [1.165, 1.54) is 5.56 Å². The van der Waals surface area contributed by atoms with Gasteiger partial charge in [-0.25, -0.2) is 4.68 Å². The van der Waals surface area contributed by atoms with Gasteiger partial charge in [0.25, 0.3) is 5.91 Å². The smallest absolute Gasteiger partial charge is 0.280 e. The standard InChI is InChI=1S/C19H20N4O/c1-4-22(18-8-6-5-7-15(18)3)19(24)17-13-23(21-20-17)16-11-9-14(2)10-12-16/h5-13H,4H2,1-3H3. The van der Waals surface area contributed by atoms with Crippen molar-refractivity contribution in [1.29, 1.82) is 0 Å². The molecule has 0 radical (unpaired) electrons. The van der Waals surface area contributed by atoms with Crippen molar-refractivity contribution in [2.24, 2.45) is 0 Å². The van der Waals surface area contributed by atoms with E-state index in [1.54, 1.807) is 15.8 Å². The average molecular weight is 320 g/mol. The molecule has 3 rings (SSSR count). The maximum absolute atomic E-state index is 12.8. The summed E-state index contributed by atoms with van der Waals surface area (Å²) in [6, 6.07) is 15.8. The van der Waals surface area contributed by atoms with E-state index in [-0.39, 0.29) is 5.91 Å². The topological polar surface area (TPSA) is 51.0 Å². The Morgan fingerprint density at radius 3 is 2.46 bits per heavy atom. The van der Waals surface area contributed by atoms with Gasteiger partial charge < -0.3 is 4.90 Å². The molecule has 0 atom stereocenters. The molecule has 0 saturated heterocycles. The summed E-state index contributed by atoms with van der Waals surface area (Å²) in [5, 5.41) is 8.15. The maximum Gasteiger partial charge on any atom is 0.280 e. The molecule has 5 heteroatoms. The SMILES string of the molecule is CCN(C(=O)c1cn(-c2ccc(C)cc2)nn1)c1ccccc1C. The summed E-state index contributed by atoms with van der Waals surface area (Å²) in [5.41, 5.74) is 4.34. The minimum atomic E-state index is -0.148. The average Bonchev–Trinajstić information content (AvgIpc) is 3.08. The number of para-hydroxylation sites is 1. The molecule has 0 aliphatic rings. The van der Waals surface area contributed by atoms with Crippen LogP contribution in [0, 0.1) is 13.8 Å². The van der Waals surface area contributed by atoms with Crippen LogP contribution in [-0.4, -0.2) is 27.4 Å². The Morgan fingerprint density at radius 2 is 1.79 bits per heavy atom. The fraction of sp³-hybridized carbons (Fsp3) is 0.211. The largest absolute Gasteiger partial charge is 0.307 e. The van der Waals surface area contributed by atoms with Crippen LogP contribution in [0.2, 0.25) is 0 Å². The van der Waals surface area contributed by atoms with Gasteiger partial charge in [0.15, 0.2) is 5.69 Å². The zero-order valence-corrected chi connectivity index (χ0v) is 14.1. The van der Waals surface area contributed by atoms with Gasteiger partial charge in [-0.3, -0.25) is 4.79 Å². The highest BCUT2D eigenvalue weighted by Crippen LogP contribution is 2.21. The van der Waals surface area contributed by atoms with Crippen LogP contribution in [0.25, 0.3) is 5.69 Å². The molecule has 0 aliphatic heterocycles. The van der Waals surface area contributed by atoms with Crippen molar-refractivity contribution in [2.45, 2.75) is 20.8 Å². The normalized spacial score (nSPS) is 10.6. The van der Waals surface area contributed by atoms with Gasteiger partial charge in [-0.2, -0.15) is 0 Å². The first-order chi connectivity index (χ1) is 11.6. The highest BCUT2D eigenvalue weighted by molar-refractivity contribution is 6.05. The van der Waals surface area contributed by atoms with E-state index in [1.807, 2.05) is 69.3 Å². The van der Waals surface area contributed by atoms with Crippen LogP contribution in [0.1, 0.15) is 28.5 Å². The predicted molar refractivity (Wildman–Crippen MR) is 94.6 cm³/mol. The Labute approximate surface area is 141 Å². The predicted octanol–water partition coefficient (Wildman–Crippen LogP) is 3.55. The Bertz CT molecular complexity index is 852. The first-order valence-corrected chi connectivity index (χ1v) is 7.97. The summed E-state index contributed by atoms with van der Waals surface area (Å²) in [7, 11) is 0. The molecule has 0 saturated carbocycles. The lowest BCUT2D eigenvalue weighted by atomic mass is 10.1. The second-order valence-corrected chi connectivity index (χ2v) is 5.72. The molecule has 24 heavy (non-hydrogen) atoms. The fourth-order valence-electron chi connectivity index (χ4n) is 2.61. The lowest BCUT2D eigenvalue weighted by Crippen LogP contribution is -2.31. The van der Waals surface area contributed by atoms with Crippen LogP contribution in [0.4, 0.5) is 5.69 Å². The molecular formula is C19H20N4O. The first-order valence-electron chi connectivity index (χ1n) is 7.97. The van der Waals surface area contributed by atoms with Crippen molar-refractivity contribution in [2.75, 3.05) is 11.4 Å². The summed E-state index contributed by atoms with van der Waals surface area (Å²) < 4.78 is 1.62. The molecule has 0 spiro atoms. The van der Waals surface area contributed by atoms with Crippen LogP contribution in [0.5, 0.6) is 0 Å². The number of hydrogen-bond donors (Lipinski definition) is 0. The van der Waals surface area contributed by atoms with Crippen molar-refractivity contribution in [1.82, 2.24) is 15.0 Å². The lowest BCUT2D eigenvalue weighted by Gasteiger charge is -2.21. The second kappa shape index (κ2) is 6.66. The molecule has 2 aromatic carbocycles. The van der Waals surface area contributed by atoms with Crippen molar-refractivity contribution in [3.8, 4) is 5.69 Å². The number of amides is 1. The number of carbonyl (C=O) groups is 1. The number of anilines is 1. The Morgan fingerprint density at radius 1 is 1.08 bits per heavy atom. The van der Waals surface area contributed by atoms with Gasteiger partial charge in [-0.15, -0.1) is 5.10 Å². The molecule has 0 N–H and O–H groups in total. The number of hydrogen-bond acceptors (Lipinski definition) is 3. The number of benzene rings is 2. The molecule has 0 bridgehead atoms. The zero-order chi connectivity index (χ0) is 17.1. The van der Waals surface area contributed by atoms with Gasteiger partial charge in [0.1, 0.15) is 0 Å². The Balaban J connectivity index is 1.90.